The number of aromatic nitrogens is 1. The molecule has 0 radical (unpaired) electrons. The van der Waals surface area contributed by atoms with E-state index >= 15 is 0 Å². The third-order valence-electron chi connectivity index (χ3n) is 1.91. The van der Waals surface area contributed by atoms with Crippen LogP contribution >= 0.6 is 33.9 Å². The molecule has 0 atom stereocenters. The van der Waals surface area contributed by atoms with Crippen molar-refractivity contribution in [3.63, 3.8) is 0 Å². The molecule has 2 rings (SSSR count). The van der Waals surface area contributed by atoms with Crippen molar-refractivity contribution in [1.29, 1.82) is 0 Å². The molecule has 1 nitrogen and oxygen atoms in total. The number of thiazole rings is 1. The second kappa shape index (κ2) is 4.33. The molecule has 0 amide bonds. The maximum absolute atomic E-state index is 12.5. The van der Waals surface area contributed by atoms with E-state index in [-0.39, 0.29) is 0 Å². The number of alkyl halides is 3. The van der Waals surface area contributed by atoms with Crippen LogP contribution in [0.4, 0.5) is 13.2 Å². The van der Waals surface area contributed by atoms with E-state index in [4.69, 9.17) is 0 Å². The zero-order chi connectivity index (χ0) is 11.8. The molecule has 0 aliphatic carbocycles. The Labute approximate surface area is 107 Å². The molecule has 0 spiro atoms. The van der Waals surface area contributed by atoms with Gasteiger partial charge in [0.25, 0.3) is 0 Å². The lowest BCUT2D eigenvalue weighted by Gasteiger charge is -2.07. The first-order valence-electron chi connectivity index (χ1n) is 4.26. The van der Waals surface area contributed by atoms with E-state index in [0.29, 0.717) is 10.6 Å². The minimum atomic E-state index is -4.31. The van der Waals surface area contributed by atoms with E-state index < -0.39 is 11.7 Å². The van der Waals surface area contributed by atoms with Gasteiger partial charge in [-0.2, -0.15) is 13.2 Å². The molecule has 16 heavy (non-hydrogen) atoms. The Bertz CT molecular complexity index is 507. The maximum atomic E-state index is 12.5. The van der Waals surface area contributed by atoms with Crippen LogP contribution in [0.15, 0.2) is 30.5 Å². The second-order valence-corrected chi connectivity index (χ2v) is 5.97. The average Bonchev–Trinajstić information content (AvgIpc) is 2.64. The van der Waals surface area contributed by atoms with Gasteiger partial charge in [-0.15, -0.1) is 11.3 Å². The summed E-state index contributed by atoms with van der Waals surface area (Å²) in [7, 11) is 0. The molecule has 2 aromatic rings. The highest BCUT2D eigenvalue weighted by molar-refractivity contribution is 14.1. The van der Waals surface area contributed by atoms with Crippen LogP contribution in [-0.2, 0) is 6.18 Å². The van der Waals surface area contributed by atoms with Gasteiger partial charge in [-0.3, -0.25) is 0 Å². The average molecular weight is 355 g/mol. The Morgan fingerprint density at radius 3 is 2.56 bits per heavy atom. The summed E-state index contributed by atoms with van der Waals surface area (Å²) in [6.45, 7) is 0. The van der Waals surface area contributed by atoms with Gasteiger partial charge in [0.2, 0.25) is 0 Å². The van der Waals surface area contributed by atoms with Gasteiger partial charge >= 0.3 is 6.18 Å². The van der Waals surface area contributed by atoms with Gasteiger partial charge in [0.05, 0.1) is 14.6 Å². The monoisotopic (exact) mass is 355 g/mol. The molecule has 0 bridgehead atoms. The normalized spacial score (nSPS) is 11.8. The predicted octanol–water partition coefficient (Wildman–Crippen LogP) is 4.43. The zero-order valence-electron chi connectivity index (χ0n) is 7.75. The van der Waals surface area contributed by atoms with E-state index in [1.165, 1.54) is 17.4 Å². The third-order valence-corrected chi connectivity index (χ3v) is 3.69. The molecule has 0 aliphatic heterocycles. The van der Waals surface area contributed by atoms with Gasteiger partial charge in [0.15, 0.2) is 0 Å². The van der Waals surface area contributed by atoms with Gasteiger partial charge in [0.1, 0.15) is 5.01 Å². The van der Waals surface area contributed by atoms with Gasteiger partial charge in [-0.25, -0.2) is 4.98 Å². The van der Waals surface area contributed by atoms with Crippen LogP contribution in [-0.4, -0.2) is 4.98 Å². The number of hydrogen-bond donors (Lipinski definition) is 0. The van der Waals surface area contributed by atoms with Crippen molar-refractivity contribution < 1.29 is 13.2 Å². The van der Waals surface area contributed by atoms with Crippen LogP contribution in [0, 0.1) is 2.88 Å². The molecule has 84 valence electrons. The van der Waals surface area contributed by atoms with Gasteiger partial charge in [-0.1, -0.05) is 12.1 Å². The lowest BCUT2D eigenvalue weighted by molar-refractivity contribution is -0.137. The highest BCUT2D eigenvalue weighted by Crippen LogP contribution is 2.33. The summed E-state index contributed by atoms with van der Waals surface area (Å²) in [5.41, 5.74) is -0.141. The molecule has 1 heterocycles. The second-order valence-electron chi connectivity index (χ2n) is 3.05. The first-order chi connectivity index (χ1) is 7.47. The summed E-state index contributed by atoms with van der Waals surface area (Å²) in [5.74, 6) is 0. The van der Waals surface area contributed by atoms with Crippen molar-refractivity contribution in [2.45, 2.75) is 6.18 Å². The fraction of sp³-hybridized carbons (Fsp3) is 0.100. The first-order valence-corrected chi connectivity index (χ1v) is 6.15. The lowest BCUT2D eigenvalue weighted by atomic mass is 10.1. The van der Waals surface area contributed by atoms with E-state index in [1.807, 2.05) is 0 Å². The van der Waals surface area contributed by atoms with Crippen molar-refractivity contribution in [3.8, 4) is 10.6 Å². The number of rotatable bonds is 1. The summed E-state index contributed by atoms with van der Waals surface area (Å²) in [6.07, 6.45) is -2.67. The number of nitrogens with zero attached hydrogens (tertiary/aromatic N) is 1. The molecule has 6 heteroatoms. The molecule has 1 aromatic heterocycles. The molecular formula is C10H5F3INS. The van der Waals surface area contributed by atoms with Crippen molar-refractivity contribution in [3.05, 3.63) is 38.9 Å². The minimum absolute atomic E-state index is 0.503. The Kier molecular flexibility index (Phi) is 3.20. The Morgan fingerprint density at radius 1 is 1.25 bits per heavy atom. The molecule has 0 saturated carbocycles. The quantitative estimate of drug-likeness (QED) is 0.690. The SMILES string of the molecule is FC(F)(F)c1cccc(-c2ncc(I)s2)c1. The van der Waals surface area contributed by atoms with E-state index in [1.54, 1.807) is 12.3 Å². The Hall–Kier alpha value is -0.630. The lowest BCUT2D eigenvalue weighted by Crippen LogP contribution is -2.04. The predicted molar refractivity (Wildman–Crippen MR) is 65.3 cm³/mol. The topological polar surface area (TPSA) is 12.9 Å². The first kappa shape index (κ1) is 11.8. The van der Waals surface area contributed by atoms with Crippen LogP contribution in [0.3, 0.4) is 0 Å². The van der Waals surface area contributed by atoms with Gasteiger partial charge in [0, 0.05) is 5.56 Å². The smallest absolute Gasteiger partial charge is 0.243 e. The summed E-state index contributed by atoms with van der Waals surface area (Å²) in [4.78, 5) is 4.05. The van der Waals surface area contributed by atoms with Crippen molar-refractivity contribution in [1.82, 2.24) is 4.98 Å². The van der Waals surface area contributed by atoms with Crippen LogP contribution in [0.2, 0.25) is 0 Å². The number of benzene rings is 1. The summed E-state index contributed by atoms with van der Waals surface area (Å²) >= 11 is 3.45. The van der Waals surface area contributed by atoms with Crippen LogP contribution in [0.25, 0.3) is 10.6 Å². The standard InChI is InChI=1S/C10H5F3INS/c11-10(12,13)7-3-1-2-6(4-7)9-15-5-8(14)16-9/h1-5H. The Balaban J connectivity index is 2.44. The van der Waals surface area contributed by atoms with Crippen molar-refractivity contribution in [2.24, 2.45) is 0 Å². The highest BCUT2D eigenvalue weighted by atomic mass is 127. The molecule has 0 N–H and O–H groups in total. The molecule has 0 saturated heterocycles. The van der Waals surface area contributed by atoms with Crippen LogP contribution in [0.5, 0.6) is 0 Å². The maximum Gasteiger partial charge on any atom is 0.416 e. The van der Waals surface area contributed by atoms with E-state index in [0.717, 1.165) is 15.0 Å². The molecule has 0 aliphatic rings. The van der Waals surface area contributed by atoms with Crippen molar-refractivity contribution >= 4 is 33.9 Å². The highest BCUT2D eigenvalue weighted by Gasteiger charge is 2.30. The molecule has 0 unspecified atom stereocenters. The van der Waals surface area contributed by atoms with Crippen molar-refractivity contribution in [2.75, 3.05) is 0 Å². The Morgan fingerprint density at radius 2 is 2.00 bits per heavy atom. The summed E-state index contributed by atoms with van der Waals surface area (Å²) < 4.78 is 38.4. The number of hydrogen-bond acceptors (Lipinski definition) is 2. The van der Waals surface area contributed by atoms with E-state index in [9.17, 15) is 13.2 Å². The van der Waals surface area contributed by atoms with Crippen LogP contribution in [0.1, 0.15) is 5.56 Å². The summed E-state index contributed by atoms with van der Waals surface area (Å²) in [6, 6.07) is 5.20. The molecule has 1 aromatic carbocycles. The van der Waals surface area contributed by atoms with Gasteiger partial charge in [-0.05, 0) is 34.7 Å². The summed E-state index contributed by atoms with van der Waals surface area (Å²) in [5, 5.41) is 0.607. The fourth-order valence-electron chi connectivity index (χ4n) is 1.22. The largest absolute Gasteiger partial charge is 0.416 e. The zero-order valence-corrected chi connectivity index (χ0v) is 10.7. The third kappa shape index (κ3) is 2.54. The fourth-order valence-corrected chi connectivity index (χ4v) is 2.62. The van der Waals surface area contributed by atoms with Gasteiger partial charge < -0.3 is 0 Å². The molecule has 0 fully saturated rings. The molecular weight excluding hydrogens is 350 g/mol. The number of halogens is 4. The van der Waals surface area contributed by atoms with Crippen LogP contribution < -0.4 is 0 Å². The minimum Gasteiger partial charge on any atom is -0.243 e. The van der Waals surface area contributed by atoms with E-state index in [2.05, 4.69) is 27.6 Å².